The topological polar surface area (TPSA) is 190 Å². The molecular formula is HClCr2KNaO10. The van der Waals surface area contributed by atoms with Crippen molar-refractivity contribution in [1.29, 1.82) is 0 Å². The van der Waals surface area contributed by atoms with Gasteiger partial charge in [-0.25, -0.2) is 0 Å². The normalized spacial score (nSPS) is 10.5. The maximum atomic E-state index is 9.49. The van der Waals surface area contributed by atoms with Gasteiger partial charge in [-0.2, -0.15) is 0 Å². The Morgan fingerprint density at radius 2 is 1.27 bits per heavy atom. The van der Waals surface area contributed by atoms with Gasteiger partial charge in [-0.05, 0) is 0 Å². The number of hydrogen-bond acceptors (Lipinski definition) is 9. The molecule has 0 aromatic heterocycles. The Balaban J connectivity index is -0.0000000883. The Bertz CT molecular complexity index is 283. The Labute approximate surface area is 156 Å². The second-order valence-corrected chi connectivity index (χ2v) is 5.17. The first-order valence-corrected chi connectivity index (χ1v) is 6.95. The Morgan fingerprint density at radius 1 is 1.07 bits per heavy atom. The fourth-order valence-electron chi connectivity index (χ4n) is 0.105. The summed E-state index contributed by atoms with van der Waals surface area (Å²) < 4.78 is 82.8. The van der Waals surface area contributed by atoms with Crippen LogP contribution in [-0.2, 0) is 45.3 Å². The molecule has 0 rings (SSSR count). The minimum absolute atomic E-state index is 0. The van der Waals surface area contributed by atoms with E-state index in [0.717, 1.165) is 0 Å². The SMILES string of the molecule is [K+].[Na+].[O-][Cl+2]([O-])[O-].[O]=[Cr](=[O])([O-])[O][Cr](=[O])(=[O])[OH]. The molecule has 10 nitrogen and oxygen atoms in total. The average Bonchev–Trinajstić information content (AvgIpc) is 1.47. The molecular weight excluding hydrogens is 362 g/mol. The molecule has 0 heterocycles. The maximum absolute atomic E-state index is 9.49. The monoisotopic (exact) mass is 362 g/mol. The number of hydrogen-bond donors (Lipinski definition) is 1. The van der Waals surface area contributed by atoms with Gasteiger partial charge in [0.25, 0.3) is 0 Å². The molecule has 0 unspecified atom stereocenters. The van der Waals surface area contributed by atoms with Crippen LogP contribution in [0, 0.1) is 10.8 Å². The Morgan fingerprint density at radius 3 is 1.27 bits per heavy atom. The van der Waals surface area contributed by atoms with Crippen molar-refractivity contribution in [2.75, 3.05) is 0 Å². The van der Waals surface area contributed by atoms with Crippen molar-refractivity contribution in [1.82, 2.24) is 0 Å². The molecule has 0 aliphatic heterocycles. The molecule has 0 aliphatic carbocycles. The molecule has 0 bridgehead atoms. The minimum atomic E-state index is -6.01. The quantitative estimate of drug-likeness (QED) is 0.461. The molecule has 82 valence electrons. The van der Waals surface area contributed by atoms with Gasteiger partial charge in [-0.1, -0.05) is 0 Å². The third-order valence-corrected chi connectivity index (χ3v) is 2.88. The van der Waals surface area contributed by atoms with Crippen molar-refractivity contribution < 1.29 is 159 Å². The van der Waals surface area contributed by atoms with E-state index in [9.17, 15) is 19.4 Å². The fourth-order valence-corrected chi connectivity index (χ4v) is 1.79. The summed E-state index contributed by atoms with van der Waals surface area (Å²) in [4.78, 5) is 0. The van der Waals surface area contributed by atoms with E-state index in [-0.39, 0.29) is 80.9 Å². The molecule has 0 aliphatic rings. The van der Waals surface area contributed by atoms with Gasteiger partial charge in [-0.3, -0.25) is 0 Å². The summed E-state index contributed by atoms with van der Waals surface area (Å²) in [7, 11) is -2.85. The molecule has 1 N–H and O–H groups in total. The zero-order valence-electron chi connectivity index (χ0n) is 7.32. The first-order valence-electron chi connectivity index (χ1n) is 1.81. The van der Waals surface area contributed by atoms with Crippen molar-refractivity contribution >= 4 is 0 Å². The molecule has 0 atom stereocenters. The van der Waals surface area contributed by atoms with Crippen LogP contribution >= 0.6 is 0 Å². The molecule has 15 heteroatoms. The van der Waals surface area contributed by atoms with Crippen LogP contribution in [0.3, 0.4) is 0 Å². The van der Waals surface area contributed by atoms with Crippen molar-refractivity contribution in [2.24, 2.45) is 0 Å². The molecule has 0 saturated carbocycles. The molecule has 0 aromatic rings. The van der Waals surface area contributed by atoms with E-state index >= 15 is 0 Å². The van der Waals surface area contributed by atoms with E-state index in [1.165, 1.54) is 0 Å². The van der Waals surface area contributed by atoms with Crippen LogP contribution < -0.4 is 99.1 Å². The first kappa shape index (κ1) is 26.5. The first-order chi connectivity index (χ1) is 5.44. The van der Waals surface area contributed by atoms with Crippen LogP contribution in [0.4, 0.5) is 0 Å². The van der Waals surface area contributed by atoms with Crippen molar-refractivity contribution in [3.05, 3.63) is 0 Å². The van der Waals surface area contributed by atoms with Gasteiger partial charge < -0.3 is 14.0 Å². The van der Waals surface area contributed by atoms with Gasteiger partial charge >= 0.3 is 135 Å². The van der Waals surface area contributed by atoms with Crippen molar-refractivity contribution in [3.63, 3.8) is 0 Å². The molecule has 15 heavy (non-hydrogen) atoms. The fraction of sp³-hybridized carbons (Fsp3) is 0. The van der Waals surface area contributed by atoms with E-state index in [0.29, 0.717) is 0 Å². The third kappa shape index (κ3) is 47.3. The summed E-state index contributed by atoms with van der Waals surface area (Å²) in [6.45, 7) is 0. The molecule has 0 radical (unpaired) electrons. The van der Waals surface area contributed by atoms with E-state index in [1.54, 1.807) is 0 Å². The molecule has 0 saturated heterocycles. The van der Waals surface area contributed by atoms with Crippen LogP contribution in [0.15, 0.2) is 0 Å². The summed E-state index contributed by atoms with van der Waals surface area (Å²) in [6.07, 6.45) is 0. The third-order valence-electron chi connectivity index (χ3n) is 0.169. The zero-order chi connectivity index (χ0) is 11.3. The molecule has 0 aromatic carbocycles. The van der Waals surface area contributed by atoms with Crippen LogP contribution in [-0.4, -0.2) is 4.16 Å². The second-order valence-electron chi connectivity index (χ2n) is 1.09. The van der Waals surface area contributed by atoms with Gasteiger partial charge in [0.05, 0.1) is 10.8 Å². The van der Waals surface area contributed by atoms with E-state index in [2.05, 4.69) is 2.84 Å². The number of halogens is 1. The standard InChI is InChI=1S/ClO3.2Cr.K.Na.H2O.6O/c2-1(3)4;;;;;;;;;;;/h;;;;;1H2;;;;;;/q-1;;3*+1;;;;;;;-1/p-1. The van der Waals surface area contributed by atoms with Gasteiger partial charge in [-0.15, -0.1) is 0 Å². The van der Waals surface area contributed by atoms with E-state index < -0.39 is 38.0 Å². The van der Waals surface area contributed by atoms with E-state index in [1.807, 2.05) is 0 Å². The molecule has 0 fully saturated rings. The molecule has 0 amide bonds. The van der Waals surface area contributed by atoms with Gasteiger partial charge in [0.2, 0.25) is 0 Å². The molecule has 0 spiro atoms. The van der Waals surface area contributed by atoms with Crippen LogP contribution in [0.2, 0.25) is 0 Å². The van der Waals surface area contributed by atoms with E-state index in [4.69, 9.17) is 18.1 Å². The predicted octanol–water partition coefficient (Wildman–Crippen LogP) is -11.9. The Kier molecular flexibility index (Phi) is 21.2. The van der Waals surface area contributed by atoms with Crippen LogP contribution in [0.25, 0.3) is 0 Å². The predicted molar refractivity (Wildman–Crippen MR) is 6.05 cm³/mol. The van der Waals surface area contributed by atoms with Gasteiger partial charge in [0, 0.05) is 0 Å². The van der Waals surface area contributed by atoms with Gasteiger partial charge in [0.15, 0.2) is 0 Å². The van der Waals surface area contributed by atoms with Crippen molar-refractivity contribution in [2.45, 2.75) is 0 Å². The average molecular weight is 363 g/mol. The summed E-state index contributed by atoms with van der Waals surface area (Å²) in [5, 5.41) is 0. The van der Waals surface area contributed by atoms with Crippen molar-refractivity contribution in [3.8, 4) is 0 Å². The van der Waals surface area contributed by atoms with Gasteiger partial charge in [0.1, 0.15) is 0 Å². The van der Waals surface area contributed by atoms with Crippen LogP contribution in [0.5, 0.6) is 0 Å². The Hall–Kier alpha value is 2.95. The summed E-state index contributed by atoms with van der Waals surface area (Å²) in [5.74, 6) is 0. The summed E-state index contributed by atoms with van der Waals surface area (Å²) >= 11 is -11.8. The number of rotatable bonds is 2. The van der Waals surface area contributed by atoms with Crippen LogP contribution in [0.1, 0.15) is 0 Å². The summed E-state index contributed by atoms with van der Waals surface area (Å²) in [5.41, 5.74) is 0. The second kappa shape index (κ2) is 12.0. The summed E-state index contributed by atoms with van der Waals surface area (Å²) in [6, 6.07) is 0. The zero-order valence-corrected chi connectivity index (χ0v) is 15.7.